The fourth-order valence-electron chi connectivity index (χ4n) is 0.901. The van der Waals surface area contributed by atoms with Crippen molar-refractivity contribution >= 4 is 16.5 Å². The summed E-state index contributed by atoms with van der Waals surface area (Å²) in [7, 11) is 1.93. The minimum Gasteiger partial charge on any atom is -0.388 e. The standard InChI is InChI=1S/C7H11N5S/c1-12(4-2-3-8)5-6-7(9)13-11-10-6/h2,4-5,9H2,1H3. The molecule has 0 aliphatic rings. The van der Waals surface area contributed by atoms with Gasteiger partial charge in [0, 0.05) is 31.0 Å². The van der Waals surface area contributed by atoms with Gasteiger partial charge in [0.2, 0.25) is 0 Å². The van der Waals surface area contributed by atoms with Crippen LogP contribution in [0.5, 0.6) is 0 Å². The predicted octanol–water partition coefficient (Wildman–Crippen LogP) is 0.466. The lowest BCUT2D eigenvalue weighted by molar-refractivity contribution is 0.331. The molecule has 13 heavy (non-hydrogen) atoms. The van der Waals surface area contributed by atoms with Gasteiger partial charge in [0.1, 0.15) is 10.7 Å². The summed E-state index contributed by atoms with van der Waals surface area (Å²) in [5, 5.41) is 12.9. The van der Waals surface area contributed by atoms with Crippen LogP contribution in [0.2, 0.25) is 0 Å². The second kappa shape index (κ2) is 4.74. The maximum Gasteiger partial charge on any atom is 0.132 e. The van der Waals surface area contributed by atoms with E-state index in [1.807, 2.05) is 11.9 Å². The molecule has 0 amide bonds. The zero-order valence-electron chi connectivity index (χ0n) is 7.40. The molecule has 0 saturated carbocycles. The Kier molecular flexibility index (Phi) is 3.61. The Morgan fingerprint density at radius 1 is 1.69 bits per heavy atom. The average molecular weight is 197 g/mol. The summed E-state index contributed by atoms with van der Waals surface area (Å²) in [5.41, 5.74) is 6.42. The van der Waals surface area contributed by atoms with Gasteiger partial charge in [-0.2, -0.15) is 5.26 Å². The fraction of sp³-hybridized carbons (Fsp3) is 0.571. The van der Waals surface area contributed by atoms with Crippen LogP contribution in [-0.2, 0) is 6.54 Å². The van der Waals surface area contributed by atoms with Crippen molar-refractivity contribution in [2.45, 2.75) is 13.0 Å². The lowest BCUT2D eigenvalue weighted by Gasteiger charge is -2.12. The first-order valence-corrected chi connectivity index (χ1v) is 4.63. The molecule has 0 aliphatic heterocycles. The number of hydrogen-bond donors (Lipinski definition) is 1. The first kappa shape index (κ1) is 9.89. The number of aromatic nitrogens is 2. The Morgan fingerprint density at radius 3 is 3.00 bits per heavy atom. The number of hydrogen-bond acceptors (Lipinski definition) is 6. The third kappa shape index (κ3) is 2.97. The highest BCUT2D eigenvalue weighted by atomic mass is 32.1. The lowest BCUT2D eigenvalue weighted by Crippen LogP contribution is -2.19. The zero-order valence-corrected chi connectivity index (χ0v) is 8.21. The van der Waals surface area contributed by atoms with Gasteiger partial charge in [-0.05, 0) is 7.05 Å². The summed E-state index contributed by atoms with van der Waals surface area (Å²) < 4.78 is 3.73. The molecule has 2 N–H and O–H groups in total. The third-order valence-electron chi connectivity index (χ3n) is 1.61. The first-order valence-electron chi connectivity index (χ1n) is 3.86. The highest BCUT2D eigenvalue weighted by molar-refractivity contribution is 7.09. The van der Waals surface area contributed by atoms with Gasteiger partial charge >= 0.3 is 0 Å². The molecule has 0 aliphatic carbocycles. The van der Waals surface area contributed by atoms with E-state index in [4.69, 9.17) is 11.0 Å². The minimum atomic E-state index is 0.522. The van der Waals surface area contributed by atoms with Crippen LogP contribution in [-0.4, -0.2) is 28.1 Å². The van der Waals surface area contributed by atoms with Crippen molar-refractivity contribution in [3.8, 4) is 6.07 Å². The van der Waals surface area contributed by atoms with Gasteiger partial charge < -0.3 is 5.73 Å². The average Bonchev–Trinajstić information content (AvgIpc) is 2.48. The Balaban J connectivity index is 2.41. The maximum atomic E-state index is 8.37. The van der Waals surface area contributed by atoms with E-state index in [-0.39, 0.29) is 0 Å². The third-order valence-corrected chi connectivity index (χ3v) is 2.21. The maximum absolute atomic E-state index is 8.37. The lowest BCUT2D eigenvalue weighted by atomic mass is 10.4. The van der Waals surface area contributed by atoms with Crippen molar-refractivity contribution in [3.05, 3.63) is 5.69 Å². The van der Waals surface area contributed by atoms with Crippen molar-refractivity contribution in [1.29, 1.82) is 5.26 Å². The molecule has 0 fully saturated rings. The van der Waals surface area contributed by atoms with Crippen LogP contribution in [0, 0.1) is 11.3 Å². The minimum absolute atomic E-state index is 0.522. The van der Waals surface area contributed by atoms with E-state index in [9.17, 15) is 0 Å². The molecule has 70 valence electrons. The van der Waals surface area contributed by atoms with Gasteiger partial charge in [-0.15, -0.1) is 5.10 Å². The summed E-state index contributed by atoms with van der Waals surface area (Å²) in [6, 6.07) is 2.09. The van der Waals surface area contributed by atoms with Crippen molar-refractivity contribution in [1.82, 2.24) is 14.5 Å². The van der Waals surface area contributed by atoms with E-state index >= 15 is 0 Å². The summed E-state index contributed by atoms with van der Waals surface area (Å²) in [4.78, 5) is 2.00. The van der Waals surface area contributed by atoms with E-state index in [1.165, 1.54) is 11.5 Å². The van der Waals surface area contributed by atoms with Gasteiger partial charge in [-0.1, -0.05) is 4.49 Å². The normalized spacial score (nSPS) is 10.2. The smallest absolute Gasteiger partial charge is 0.132 e. The van der Waals surface area contributed by atoms with Crippen molar-refractivity contribution in [3.63, 3.8) is 0 Å². The Bertz CT molecular complexity index is 302. The van der Waals surface area contributed by atoms with Gasteiger partial charge in [0.15, 0.2) is 0 Å². The number of nitriles is 1. The molecule has 0 unspecified atom stereocenters. The molecule has 0 saturated heterocycles. The van der Waals surface area contributed by atoms with E-state index in [2.05, 4.69) is 15.7 Å². The highest BCUT2D eigenvalue weighted by Crippen LogP contribution is 2.13. The van der Waals surface area contributed by atoms with E-state index in [0.717, 1.165) is 12.2 Å². The molecular formula is C7H11N5S. The van der Waals surface area contributed by atoms with Crippen LogP contribution in [0.1, 0.15) is 12.1 Å². The second-order valence-electron chi connectivity index (χ2n) is 2.73. The Hall–Kier alpha value is -1.19. The van der Waals surface area contributed by atoms with E-state index in [1.54, 1.807) is 0 Å². The van der Waals surface area contributed by atoms with Crippen LogP contribution < -0.4 is 5.73 Å². The largest absolute Gasteiger partial charge is 0.388 e. The molecule has 0 atom stereocenters. The van der Waals surface area contributed by atoms with Gasteiger partial charge in [0.05, 0.1) is 6.07 Å². The van der Waals surface area contributed by atoms with Gasteiger partial charge in [-0.25, -0.2) is 0 Å². The molecule has 1 aromatic rings. The van der Waals surface area contributed by atoms with Crippen molar-refractivity contribution in [2.75, 3.05) is 19.3 Å². The van der Waals surface area contributed by atoms with Crippen molar-refractivity contribution < 1.29 is 0 Å². The molecule has 1 aromatic heterocycles. The van der Waals surface area contributed by atoms with Crippen LogP contribution in [0.4, 0.5) is 5.00 Å². The van der Waals surface area contributed by atoms with Gasteiger partial charge in [0.25, 0.3) is 0 Å². The molecule has 6 heteroatoms. The monoisotopic (exact) mass is 197 g/mol. The number of nitrogen functional groups attached to an aromatic ring is 1. The Labute approximate surface area is 80.9 Å². The van der Waals surface area contributed by atoms with Crippen LogP contribution in [0.15, 0.2) is 0 Å². The zero-order chi connectivity index (χ0) is 9.68. The molecule has 0 radical (unpaired) electrons. The molecule has 5 nitrogen and oxygen atoms in total. The SMILES string of the molecule is CN(CCC#N)Cc1nnsc1N. The molecule has 0 aromatic carbocycles. The topological polar surface area (TPSA) is 78.8 Å². The summed E-state index contributed by atoms with van der Waals surface area (Å²) in [5.74, 6) is 0. The second-order valence-corrected chi connectivity index (χ2v) is 3.52. The molecule has 1 heterocycles. The quantitative estimate of drug-likeness (QED) is 0.758. The summed E-state index contributed by atoms with van der Waals surface area (Å²) in [6.07, 6.45) is 0.522. The van der Waals surface area contributed by atoms with Gasteiger partial charge in [-0.3, -0.25) is 4.90 Å². The summed E-state index contributed by atoms with van der Waals surface area (Å²) in [6.45, 7) is 1.39. The number of rotatable bonds is 4. The van der Waals surface area contributed by atoms with Crippen molar-refractivity contribution in [2.24, 2.45) is 0 Å². The van der Waals surface area contributed by atoms with E-state index < -0.39 is 0 Å². The van der Waals surface area contributed by atoms with Crippen LogP contribution in [0.3, 0.4) is 0 Å². The molecule has 0 spiro atoms. The highest BCUT2D eigenvalue weighted by Gasteiger charge is 2.06. The van der Waals surface area contributed by atoms with Crippen LogP contribution in [0.25, 0.3) is 0 Å². The van der Waals surface area contributed by atoms with E-state index in [0.29, 0.717) is 18.0 Å². The van der Waals surface area contributed by atoms with Crippen LogP contribution >= 0.6 is 11.5 Å². The summed E-state index contributed by atoms with van der Waals surface area (Å²) >= 11 is 1.20. The molecule has 0 bridgehead atoms. The molecule has 1 rings (SSSR count). The first-order chi connectivity index (χ1) is 6.24. The number of nitrogens with two attached hydrogens (primary N) is 1. The molecular weight excluding hydrogens is 186 g/mol. The number of anilines is 1. The predicted molar refractivity (Wildman–Crippen MR) is 50.9 cm³/mol. The fourth-order valence-corrected chi connectivity index (χ4v) is 1.34. The number of nitrogens with zero attached hydrogens (tertiary/aromatic N) is 4. The Morgan fingerprint density at radius 2 is 2.46 bits per heavy atom.